The molecule has 1 saturated heterocycles. The number of thiazole rings is 1. The minimum absolute atomic E-state index is 0.0497. The van der Waals surface area contributed by atoms with Gasteiger partial charge in [0.1, 0.15) is 5.56 Å². The van der Waals surface area contributed by atoms with E-state index < -0.39 is 0 Å². The number of carbonyl (C=O) groups excluding carboxylic acids is 1. The largest absolute Gasteiger partial charge is 0.334 e. The Labute approximate surface area is 142 Å². The second-order valence-electron chi connectivity index (χ2n) is 5.91. The fourth-order valence-electron chi connectivity index (χ4n) is 3.21. The van der Waals surface area contributed by atoms with E-state index in [-0.39, 0.29) is 23.1 Å². The van der Waals surface area contributed by atoms with E-state index in [0.29, 0.717) is 18.1 Å². The summed E-state index contributed by atoms with van der Waals surface area (Å²) in [7, 11) is 0. The molecule has 0 bridgehead atoms. The average molecular weight is 343 g/mol. The third-order valence-electron chi connectivity index (χ3n) is 4.42. The first-order chi connectivity index (χ1) is 11.7. The van der Waals surface area contributed by atoms with Crippen LogP contribution in [-0.2, 0) is 6.54 Å². The fourth-order valence-corrected chi connectivity index (χ4v) is 3.88. The Kier molecular flexibility index (Phi) is 3.89. The molecule has 1 amide bonds. The first-order valence-electron chi connectivity index (χ1n) is 7.97. The van der Waals surface area contributed by atoms with Crippen LogP contribution in [0.3, 0.4) is 0 Å². The molecule has 0 saturated carbocycles. The van der Waals surface area contributed by atoms with Crippen molar-refractivity contribution in [2.45, 2.75) is 31.8 Å². The molecule has 3 aromatic rings. The highest BCUT2D eigenvalue weighted by Gasteiger charge is 2.29. The predicted octanol–water partition coefficient (Wildman–Crippen LogP) is 1.65. The second kappa shape index (κ2) is 6.20. The molecule has 4 rings (SSSR count). The minimum atomic E-state index is -0.297. The van der Waals surface area contributed by atoms with Crippen molar-refractivity contribution in [1.82, 2.24) is 24.1 Å². The van der Waals surface area contributed by atoms with E-state index >= 15 is 0 Å². The van der Waals surface area contributed by atoms with Gasteiger partial charge in [0.15, 0.2) is 4.96 Å². The molecular weight excluding hydrogens is 326 g/mol. The van der Waals surface area contributed by atoms with Gasteiger partial charge >= 0.3 is 0 Å². The number of likely N-dealkylation sites (tertiary alicyclic amines) is 1. The van der Waals surface area contributed by atoms with Gasteiger partial charge in [-0.2, -0.15) is 5.10 Å². The highest BCUT2D eigenvalue weighted by atomic mass is 32.1. The molecule has 0 aromatic carbocycles. The molecule has 1 atom stereocenters. The highest BCUT2D eigenvalue weighted by molar-refractivity contribution is 7.15. The number of piperidine rings is 1. The standard InChI is InChI=1S/C16H17N5O2S/c22-14(13-10-17-16-21(15(13)23)8-9-24-16)20-7-2-1-4-12(20)11-19-6-3-5-18-19/h3,5-6,8-10,12H,1-2,4,7,11H2/t12-/m0/s1. The molecular formula is C16H17N5O2S. The van der Waals surface area contributed by atoms with E-state index in [1.165, 1.54) is 21.9 Å². The summed E-state index contributed by atoms with van der Waals surface area (Å²) < 4.78 is 3.27. The van der Waals surface area contributed by atoms with Gasteiger partial charge in [0, 0.05) is 36.7 Å². The van der Waals surface area contributed by atoms with Gasteiger partial charge in [-0.25, -0.2) is 4.98 Å². The topological polar surface area (TPSA) is 72.5 Å². The Balaban J connectivity index is 1.65. The number of aromatic nitrogens is 4. The lowest BCUT2D eigenvalue weighted by atomic mass is 10.0. The highest BCUT2D eigenvalue weighted by Crippen LogP contribution is 2.20. The molecule has 0 radical (unpaired) electrons. The van der Waals surface area contributed by atoms with Crippen molar-refractivity contribution < 1.29 is 4.79 Å². The van der Waals surface area contributed by atoms with Gasteiger partial charge < -0.3 is 4.90 Å². The molecule has 124 valence electrons. The van der Waals surface area contributed by atoms with Crippen LogP contribution in [0.1, 0.15) is 29.6 Å². The first kappa shape index (κ1) is 15.1. The molecule has 1 aliphatic heterocycles. The number of carbonyl (C=O) groups is 1. The molecule has 0 unspecified atom stereocenters. The van der Waals surface area contributed by atoms with Crippen LogP contribution in [0, 0.1) is 0 Å². The summed E-state index contributed by atoms with van der Waals surface area (Å²) in [4.78, 5) is 32.2. The first-order valence-corrected chi connectivity index (χ1v) is 8.85. The summed E-state index contributed by atoms with van der Waals surface area (Å²) in [5.74, 6) is -0.232. The van der Waals surface area contributed by atoms with Crippen molar-refractivity contribution >= 4 is 22.2 Å². The van der Waals surface area contributed by atoms with Gasteiger partial charge in [0.05, 0.1) is 12.6 Å². The van der Waals surface area contributed by atoms with Gasteiger partial charge in [-0.3, -0.25) is 18.7 Å². The van der Waals surface area contributed by atoms with E-state index in [9.17, 15) is 9.59 Å². The Bertz CT molecular complexity index is 914. The zero-order chi connectivity index (χ0) is 16.5. The summed E-state index contributed by atoms with van der Waals surface area (Å²) >= 11 is 1.38. The van der Waals surface area contributed by atoms with Crippen molar-refractivity contribution in [3.05, 3.63) is 52.2 Å². The predicted molar refractivity (Wildman–Crippen MR) is 90.2 cm³/mol. The molecule has 1 fully saturated rings. The van der Waals surface area contributed by atoms with Crippen molar-refractivity contribution in [1.29, 1.82) is 0 Å². The van der Waals surface area contributed by atoms with E-state index in [1.54, 1.807) is 17.8 Å². The van der Waals surface area contributed by atoms with Gasteiger partial charge in [0.2, 0.25) is 0 Å². The Hall–Kier alpha value is -2.48. The van der Waals surface area contributed by atoms with E-state index in [4.69, 9.17) is 0 Å². The molecule has 4 heterocycles. The molecule has 0 aliphatic carbocycles. The molecule has 24 heavy (non-hydrogen) atoms. The lowest BCUT2D eigenvalue weighted by Crippen LogP contribution is -2.47. The van der Waals surface area contributed by atoms with Crippen molar-refractivity contribution in [3.8, 4) is 0 Å². The molecule has 8 heteroatoms. The maximum Gasteiger partial charge on any atom is 0.271 e. The monoisotopic (exact) mass is 343 g/mol. The molecule has 1 aliphatic rings. The van der Waals surface area contributed by atoms with Crippen LogP contribution < -0.4 is 5.56 Å². The van der Waals surface area contributed by atoms with Crippen LogP contribution in [-0.4, -0.2) is 42.6 Å². The minimum Gasteiger partial charge on any atom is -0.334 e. The van der Waals surface area contributed by atoms with Gasteiger partial charge in [0.25, 0.3) is 11.5 Å². The average Bonchev–Trinajstić information content (AvgIpc) is 3.27. The van der Waals surface area contributed by atoms with Crippen LogP contribution in [0.15, 0.2) is 41.0 Å². The summed E-state index contributed by atoms with van der Waals surface area (Å²) in [6, 6.07) is 1.92. The number of fused-ring (bicyclic) bond motifs is 1. The summed E-state index contributed by atoms with van der Waals surface area (Å²) in [5.41, 5.74) is -0.159. The molecule has 0 N–H and O–H groups in total. The maximum atomic E-state index is 13.0. The van der Waals surface area contributed by atoms with Gasteiger partial charge in [-0.1, -0.05) is 0 Å². The summed E-state index contributed by atoms with van der Waals surface area (Å²) in [5, 5.41) is 6.02. The Morgan fingerprint density at radius 3 is 3.08 bits per heavy atom. The van der Waals surface area contributed by atoms with E-state index in [0.717, 1.165) is 19.3 Å². The lowest BCUT2D eigenvalue weighted by molar-refractivity contribution is 0.0581. The van der Waals surface area contributed by atoms with Gasteiger partial charge in [-0.15, -0.1) is 11.3 Å². The number of rotatable bonds is 3. The van der Waals surface area contributed by atoms with Gasteiger partial charge in [-0.05, 0) is 25.3 Å². The van der Waals surface area contributed by atoms with Crippen molar-refractivity contribution in [2.24, 2.45) is 0 Å². The van der Waals surface area contributed by atoms with Crippen LogP contribution in [0.25, 0.3) is 4.96 Å². The molecule has 3 aromatic heterocycles. The van der Waals surface area contributed by atoms with Crippen molar-refractivity contribution in [2.75, 3.05) is 6.54 Å². The van der Waals surface area contributed by atoms with Crippen molar-refractivity contribution in [3.63, 3.8) is 0 Å². The maximum absolute atomic E-state index is 13.0. The van der Waals surface area contributed by atoms with Crippen LogP contribution >= 0.6 is 11.3 Å². The third-order valence-corrected chi connectivity index (χ3v) is 5.19. The number of hydrogen-bond donors (Lipinski definition) is 0. The quantitative estimate of drug-likeness (QED) is 0.725. The number of amides is 1. The summed E-state index contributed by atoms with van der Waals surface area (Å²) in [6.45, 7) is 1.31. The number of nitrogens with zero attached hydrogens (tertiary/aromatic N) is 5. The smallest absolute Gasteiger partial charge is 0.271 e. The SMILES string of the molecule is O=C(c1cnc2sccn2c1=O)N1CCCC[C@H]1Cn1cccn1. The van der Waals surface area contributed by atoms with Crippen LogP contribution in [0.5, 0.6) is 0 Å². The van der Waals surface area contributed by atoms with E-state index in [1.807, 2.05) is 21.8 Å². The molecule has 0 spiro atoms. The Morgan fingerprint density at radius 1 is 1.33 bits per heavy atom. The lowest BCUT2D eigenvalue weighted by Gasteiger charge is -2.35. The second-order valence-corrected chi connectivity index (χ2v) is 6.78. The Morgan fingerprint density at radius 2 is 2.25 bits per heavy atom. The molecule has 7 nitrogen and oxygen atoms in total. The number of hydrogen-bond acceptors (Lipinski definition) is 5. The third kappa shape index (κ3) is 2.62. The van der Waals surface area contributed by atoms with Crippen LogP contribution in [0.2, 0.25) is 0 Å². The zero-order valence-electron chi connectivity index (χ0n) is 13.0. The van der Waals surface area contributed by atoms with E-state index in [2.05, 4.69) is 10.1 Å². The fraction of sp³-hybridized carbons (Fsp3) is 0.375. The van der Waals surface area contributed by atoms with Crippen LogP contribution in [0.4, 0.5) is 0 Å². The summed E-state index contributed by atoms with van der Waals surface area (Å²) in [6.07, 6.45) is 9.65. The normalized spacial score (nSPS) is 18.2. The zero-order valence-corrected chi connectivity index (χ0v) is 13.9.